The fourth-order valence-electron chi connectivity index (χ4n) is 12.0. The van der Waals surface area contributed by atoms with Gasteiger partial charge in [0, 0.05) is 31.8 Å². The molecular formula is C60H88N12O26. The van der Waals surface area contributed by atoms with Crippen molar-refractivity contribution < 1.29 is 128 Å². The zero-order valence-electron chi connectivity index (χ0n) is 53.3. The Labute approximate surface area is 559 Å². The number of hydrogen-bond acceptors (Lipinski definition) is 28. The molecule has 6 fully saturated rings. The average molecular weight is 1390 g/mol. The van der Waals surface area contributed by atoms with Gasteiger partial charge >= 0.3 is 5.97 Å². The molecule has 25 unspecified atom stereocenters. The van der Waals surface area contributed by atoms with Gasteiger partial charge in [0.05, 0.1) is 45.1 Å². The first-order valence-electron chi connectivity index (χ1n) is 31.8. The highest BCUT2D eigenvalue weighted by Crippen LogP contribution is 2.33. The lowest BCUT2D eigenvalue weighted by atomic mass is 9.92. The summed E-state index contributed by atoms with van der Waals surface area (Å²) in [4.78, 5) is 101. The number of carbonyl (C=O) groups is 7. The van der Waals surface area contributed by atoms with Gasteiger partial charge < -0.3 is 148 Å². The topological polar surface area (TPSA) is 597 Å². The van der Waals surface area contributed by atoms with E-state index in [1.807, 2.05) is 13.8 Å². The van der Waals surface area contributed by atoms with Crippen LogP contribution < -0.4 is 52.6 Å². The molecule has 0 saturated carbocycles. The van der Waals surface area contributed by atoms with E-state index in [2.05, 4.69) is 47.9 Å². The molecule has 0 aliphatic carbocycles. The van der Waals surface area contributed by atoms with Crippen molar-refractivity contribution in [2.75, 3.05) is 46.1 Å². The summed E-state index contributed by atoms with van der Waals surface area (Å²) in [5, 5.41) is 181. The molecule has 25 atom stereocenters. The van der Waals surface area contributed by atoms with E-state index in [-0.39, 0.29) is 36.2 Å². The Bertz CT molecular complexity index is 3090. The van der Waals surface area contributed by atoms with Crippen LogP contribution in [0.15, 0.2) is 54.6 Å². The van der Waals surface area contributed by atoms with E-state index in [1.165, 1.54) is 24.3 Å². The van der Waals surface area contributed by atoms with Gasteiger partial charge in [0.25, 0.3) is 0 Å². The fourth-order valence-corrected chi connectivity index (χ4v) is 12.0. The average Bonchev–Trinajstić information content (AvgIpc) is 1.35. The number of aliphatic hydroxyl groups excluding tert-OH is 13. The third-order valence-electron chi connectivity index (χ3n) is 17.8. The molecule has 2 aromatic rings. The molecule has 38 heteroatoms. The molecule has 6 aliphatic heterocycles. The molecule has 38 nitrogen and oxygen atoms in total. The summed E-state index contributed by atoms with van der Waals surface area (Å²) in [5.41, 5.74) is 0.688. The maximum absolute atomic E-state index is 15.2. The lowest BCUT2D eigenvalue weighted by molar-refractivity contribution is -0.353. The zero-order valence-corrected chi connectivity index (χ0v) is 53.3. The van der Waals surface area contributed by atoms with Crippen molar-refractivity contribution in [2.24, 2.45) is 5.92 Å². The SMILES string of the molecule is CC(C)CCC(=O)OC1C(OC2C(CO)OC(Oc3ccc(CC4NC(=O)C(C(C)c5ccccc5)NC(=O)CNC(=O)C(CO)NC(=O)C(C(O)C5CNC(=N)N5C5OC(CO)C(O)C(O)C5O)NC(=O)C(C(O)C5CNC(=N)N5)NC4=O)cc3)C(O)C2O)OC(CO)C(O)C1O. The van der Waals surface area contributed by atoms with Gasteiger partial charge in [-0.3, -0.25) is 44.4 Å². The summed E-state index contributed by atoms with van der Waals surface area (Å²) < 4.78 is 34.5. The van der Waals surface area contributed by atoms with Gasteiger partial charge in [0.15, 0.2) is 30.5 Å². The first kappa shape index (κ1) is 76.1. The summed E-state index contributed by atoms with van der Waals surface area (Å²) >= 11 is 0. The lowest BCUT2D eigenvalue weighted by Gasteiger charge is -2.46. The highest BCUT2D eigenvalue weighted by atomic mass is 16.7. The molecule has 6 heterocycles. The van der Waals surface area contributed by atoms with Gasteiger partial charge in [0.2, 0.25) is 41.7 Å². The van der Waals surface area contributed by atoms with Crippen LogP contribution in [0.2, 0.25) is 0 Å². The number of benzene rings is 2. The predicted octanol–water partition coefficient (Wildman–Crippen LogP) is -11.2. The third-order valence-corrected chi connectivity index (χ3v) is 17.8. The fraction of sp³-hybridized carbons (Fsp3) is 0.650. The highest BCUT2D eigenvalue weighted by molar-refractivity contribution is 5.98. The molecule has 6 saturated heterocycles. The maximum Gasteiger partial charge on any atom is 0.306 e. The van der Waals surface area contributed by atoms with E-state index < -0.39 is 246 Å². The first-order chi connectivity index (χ1) is 46.6. The zero-order chi connectivity index (χ0) is 71.6. The van der Waals surface area contributed by atoms with Gasteiger partial charge in [-0.2, -0.15) is 0 Å². The van der Waals surface area contributed by atoms with E-state index in [0.29, 0.717) is 12.0 Å². The minimum atomic E-state index is -2.37. The van der Waals surface area contributed by atoms with Gasteiger partial charge in [0.1, 0.15) is 115 Å². The molecule has 0 aromatic heterocycles. The van der Waals surface area contributed by atoms with E-state index in [4.69, 9.17) is 39.2 Å². The molecule has 0 spiro atoms. The van der Waals surface area contributed by atoms with E-state index in [1.54, 1.807) is 37.3 Å². The normalized spacial score (nSPS) is 35.7. The number of hydrogen-bond donors (Lipinski definition) is 24. The summed E-state index contributed by atoms with van der Waals surface area (Å²) in [7, 11) is 0. The molecule has 0 radical (unpaired) electrons. The van der Waals surface area contributed by atoms with Crippen molar-refractivity contribution in [3.63, 3.8) is 0 Å². The number of esters is 1. The largest absolute Gasteiger partial charge is 0.462 e. The first-order valence-corrected chi connectivity index (χ1v) is 31.8. The van der Waals surface area contributed by atoms with Crippen LogP contribution in [-0.2, 0) is 63.7 Å². The number of guanidine groups is 2. The predicted molar refractivity (Wildman–Crippen MR) is 330 cm³/mol. The third kappa shape index (κ3) is 17.9. The Hall–Kier alpha value is -7.61. The molecule has 6 amide bonds. The van der Waals surface area contributed by atoms with Crippen LogP contribution in [0.5, 0.6) is 5.75 Å². The van der Waals surface area contributed by atoms with Crippen molar-refractivity contribution in [1.82, 2.24) is 52.8 Å². The Morgan fingerprint density at radius 2 is 1.17 bits per heavy atom. The van der Waals surface area contributed by atoms with Crippen molar-refractivity contribution in [3.05, 3.63) is 65.7 Å². The van der Waals surface area contributed by atoms with Crippen LogP contribution >= 0.6 is 0 Å². The lowest BCUT2D eigenvalue weighted by Crippen LogP contribution is -2.69. The van der Waals surface area contributed by atoms with Crippen molar-refractivity contribution in [2.45, 2.75) is 193 Å². The molecule has 24 N–H and O–H groups in total. The van der Waals surface area contributed by atoms with Crippen LogP contribution in [0.3, 0.4) is 0 Å². The van der Waals surface area contributed by atoms with E-state index >= 15 is 9.59 Å². The Balaban J connectivity index is 1.09. The molecular weight excluding hydrogens is 1300 g/mol. The van der Waals surface area contributed by atoms with Crippen LogP contribution in [0.1, 0.15) is 50.7 Å². The van der Waals surface area contributed by atoms with Crippen molar-refractivity contribution >= 4 is 53.3 Å². The minimum Gasteiger partial charge on any atom is -0.462 e. The Kier molecular flexibility index (Phi) is 26.4. The standard InChI is InChI=1S/C60H88N12O26/c1-23(2)9-14-36(78)97-50-45(84)43(82)33(21-75)95-58(50)98-49-34(22-76)96-57(48(87)46(49)85)93-27-12-10-25(11-13-27)15-28-52(89)70-38(40(79)29-16-64-59(61)68-29)55(92)71-39(41(80)31-17-65-60(62)72(31)56-47(86)44(83)42(81)32(20-74)94-56)54(91)67-30(19-73)51(88)63-18-35(77)69-37(53(90)66-28)24(3)26-7-5-4-6-8-26/h4-8,10-13,23-24,28-34,37-50,56-58,73-76,79-87H,9,14-22H2,1-3H3,(H2,62,65)(H,63,88)(H,66,90)(H,67,91)(H,69,77)(H,70,89)(H,71,92)(H3,61,64,68). The summed E-state index contributed by atoms with van der Waals surface area (Å²) in [6.45, 7) is -0.253. The van der Waals surface area contributed by atoms with Crippen LogP contribution in [0.4, 0.5) is 0 Å². The second kappa shape index (κ2) is 34.0. The Morgan fingerprint density at radius 1 is 0.582 bits per heavy atom. The number of rotatable bonds is 21. The monoisotopic (exact) mass is 1390 g/mol. The number of nitrogens with zero attached hydrogens (tertiary/aromatic N) is 1. The quantitative estimate of drug-likeness (QED) is 0.0516. The smallest absolute Gasteiger partial charge is 0.306 e. The van der Waals surface area contributed by atoms with Gasteiger partial charge in [-0.05, 0) is 35.6 Å². The Morgan fingerprint density at radius 3 is 1.81 bits per heavy atom. The molecule has 8 rings (SSSR count). The van der Waals surface area contributed by atoms with Crippen LogP contribution in [0, 0.1) is 16.7 Å². The molecule has 544 valence electrons. The van der Waals surface area contributed by atoms with Crippen molar-refractivity contribution in [1.29, 1.82) is 10.8 Å². The number of aliphatic hydroxyl groups is 13. The maximum atomic E-state index is 15.2. The molecule has 0 bridgehead atoms. The van der Waals surface area contributed by atoms with Gasteiger partial charge in [-0.25, -0.2) is 0 Å². The van der Waals surface area contributed by atoms with Crippen LogP contribution in [0.25, 0.3) is 0 Å². The molecule has 6 aliphatic rings. The summed E-state index contributed by atoms with van der Waals surface area (Å²) in [6.07, 6.45) is -31.7. The van der Waals surface area contributed by atoms with Crippen LogP contribution in [-0.4, -0.2) is 317 Å². The number of carbonyl (C=O) groups excluding carboxylic acids is 7. The van der Waals surface area contributed by atoms with E-state index in [9.17, 15) is 90.4 Å². The summed E-state index contributed by atoms with van der Waals surface area (Å²) in [6, 6.07) is 0.647. The second-order valence-electron chi connectivity index (χ2n) is 25.0. The molecule has 2 aromatic carbocycles. The molecule has 98 heavy (non-hydrogen) atoms. The van der Waals surface area contributed by atoms with E-state index in [0.717, 1.165) is 4.90 Å². The number of amides is 6. The van der Waals surface area contributed by atoms with Gasteiger partial charge in [-0.1, -0.05) is 63.2 Å². The van der Waals surface area contributed by atoms with Crippen molar-refractivity contribution in [3.8, 4) is 5.75 Å². The highest BCUT2D eigenvalue weighted by Gasteiger charge is 2.55. The minimum absolute atomic E-state index is 0.0781. The summed E-state index contributed by atoms with van der Waals surface area (Å²) in [5.74, 6) is -10.1. The number of nitrogens with one attached hydrogen (secondary N) is 11. The second-order valence-corrected chi connectivity index (χ2v) is 25.0. The van der Waals surface area contributed by atoms with Gasteiger partial charge in [-0.15, -0.1) is 0 Å². The number of ether oxygens (including phenoxy) is 6.